The average molecular weight is 254 g/mol. The highest BCUT2D eigenvalue weighted by Crippen LogP contribution is 2.24. The zero-order chi connectivity index (χ0) is 12.4. The predicted molar refractivity (Wildman–Crippen MR) is 63.3 cm³/mol. The normalized spacial score (nSPS) is 16.1. The number of hydrogen-bond donors (Lipinski definition) is 1. The number of ketones is 1. The second-order valence-electron chi connectivity index (χ2n) is 4.04. The van der Waals surface area contributed by atoms with Crippen LogP contribution in [0.25, 0.3) is 0 Å². The van der Waals surface area contributed by atoms with Crippen molar-refractivity contribution in [2.75, 3.05) is 13.1 Å². The largest absolute Gasteiger partial charge is 0.506 e. The van der Waals surface area contributed by atoms with E-state index in [9.17, 15) is 14.7 Å². The molecule has 1 aliphatic rings. The summed E-state index contributed by atoms with van der Waals surface area (Å²) in [5.74, 6) is -0.202. The molecule has 1 fully saturated rings. The van der Waals surface area contributed by atoms with Crippen LogP contribution in [0.2, 0.25) is 5.02 Å². The summed E-state index contributed by atoms with van der Waals surface area (Å²) < 4.78 is 0. The van der Waals surface area contributed by atoms with Gasteiger partial charge in [-0.15, -0.1) is 0 Å². The third-order valence-corrected chi connectivity index (χ3v) is 3.04. The van der Waals surface area contributed by atoms with E-state index in [4.69, 9.17) is 11.6 Å². The van der Waals surface area contributed by atoms with E-state index in [2.05, 4.69) is 0 Å². The van der Waals surface area contributed by atoms with Crippen LogP contribution >= 0.6 is 11.6 Å². The molecule has 1 saturated heterocycles. The van der Waals surface area contributed by atoms with E-state index in [0.29, 0.717) is 24.9 Å². The number of carbonyl (C=O) groups is 2. The molecule has 0 atom stereocenters. The molecule has 5 heteroatoms. The first kappa shape index (κ1) is 11.9. The number of piperidine rings is 1. The minimum atomic E-state index is -0.222. The summed E-state index contributed by atoms with van der Waals surface area (Å²) in [6.07, 6.45) is 1.25. The molecule has 0 aliphatic carbocycles. The maximum atomic E-state index is 12.0. The Hall–Kier alpha value is -1.55. The summed E-state index contributed by atoms with van der Waals surface area (Å²) >= 11 is 5.74. The Morgan fingerprint density at radius 2 is 2.18 bits per heavy atom. The third-order valence-electron chi connectivity index (χ3n) is 2.73. The summed E-state index contributed by atoms with van der Waals surface area (Å²) in [6, 6.07) is 4.29. The molecule has 0 radical (unpaired) electrons. The summed E-state index contributed by atoms with van der Waals surface area (Å²) in [5, 5.41) is 9.41. The van der Waals surface area contributed by atoms with Gasteiger partial charge >= 0.3 is 0 Å². The number of carbonyl (C=O) groups excluding carboxylic acids is 2. The highest BCUT2D eigenvalue weighted by atomic mass is 35.5. The number of Topliss-reactive ketones (excluding diaryl/α,β-unsaturated/α-hetero) is 1. The molecule has 0 aromatic heterocycles. The number of nitrogens with zero attached hydrogens (tertiary/aromatic N) is 1. The molecule has 90 valence electrons. The molecule has 1 N–H and O–H groups in total. The van der Waals surface area contributed by atoms with E-state index in [1.165, 1.54) is 23.1 Å². The number of phenols is 1. The van der Waals surface area contributed by atoms with Gasteiger partial charge in [0.25, 0.3) is 5.91 Å². The minimum Gasteiger partial charge on any atom is -0.506 e. The van der Waals surface area contributed by atoms with Gasteiger partial charge in [0.1, 0.15) is 5.75 Å². The maximum Gasteiger partial charge on any atom is 0.254 e. The number of amides is 1. The second kappa shape index (κ2) is 4.75. The Kier molecular flexibility index (Phi) is 3.33. The number of rotatable bonds is 1. The lowest BCUT2D eigenvalue weighted by molar-refractivity contribution is -0.121. The van der Waals surface area contributed by atoms with E-state index in [0.717, 1.165) is 0 Å². The summed E-state index contributed by atoms with van der Waals surface area (Å²) in [6.45, 7) is 0.750. The molecule has 1 aromatic carbocycles. The molecule has 1 aliphatic heterocycles. The van der Waals surface area contributed by atoms with Crippen molar-refractivity contribution in [2.45, 2.75) is 12.8 Å². The summed E-state index contributed by atoms with van der Waals surface area (Å²) in [5.41, 5.74) is 0.391. The molecule has 1 amide bonds. The number of halogens is 1. The van der Waals surface area contributed by atoms with E-state index >= 15 is 0 Å². The smallest absolute Gasteiger partial charge is 0.254 e. The number of phenolic OH excluding ortho intramolecular Hbond substituents is 1. The van der Waals surface area contributed by atoms with Crippen LogP contribution < -0.4 is 0 Å². The topological polar surface area (TPSA) is 57.6 Å². The van der Waals surface area contributed by atoms with Crippen molar-refractivity contribution in [1.29, 1.82) is 0 Å². The van der Waals surface area contributed by atoms with Crippen LogP contribution in [0.15, 0.2) is 18.2 Å². The van der Waals surface area contributed by atoms with Gasteiger partial charge in [-0.3, -0.25) is 9.59 Å². The fraction of sp³-hybridized carbons (Fsp3) is 0.333. The Morgan fingerprint density at radius 1 is 1.41 bits per heavy atom. The third kappa shape index (κ3) is 2.58. The summed E-state index contributed by atoms with van der Waals surface area (Å²) in [4.78, 5) is 24.8. The van der Waals surface area contributed by atoms with Gasteiger partial charge in [-0.25, -0.2) is 0 Å². The number of benzene rings is 1. The van der Waals surface area contributed by atoms with Crippen LogP contribution in [0, 0.1) is 0 Å². The Balaban J connectivity index is 2.18. The zero-order valence-corrected chi connectivity index (χ0v) is 9.91. The maximum absolute atomic E-state index is 12.0. The first-order chi connectivity index (χ1) is 8.08. The van der Waals surface area contributed by atoms with Crippen LogP contribution in [0.5, 0.6) is 5.75 Å². The molecule has 1 heterocycles. The molecule has 0 unspecified atom stereocenters. The van der Waals surface area contributed by atoms with Crippen molar-refractivity contribution in [2.24, 2.45) is 0 Å². The van der Waals surface area contributed by atoms with Gasteiger partial charge in [0, 0.05) is 18.5 Å². The molecule has 1 aromatic rings. The van der Waals surface area contributed by atoms with Gasteiger partial charge in [0.15, 0.2) is 5.78 Å². The van der Waals surface area contributed by atoms with Crippen molar-refractivity contribution in [3.63, 3.8) is 0 Å². The van der Waals surface area contributed by atoms with Crippen molar-refractivity contribution in [3.8, 4) is 5.75 Å². The van der Waals surface area contributed by atoms with Gasteiger partial charge in [-0.2, -0.15) is 0 Å². The minimum absolute atomic E-state index is 0.0575. The average Bonchev–Trinajstić information content (AvgIpc) is 2.32. The molecular weight excluding hydrogens is 242 g/mol. The summed E-state index contributed by atoms with van der Waals surface area (Å²) in [7, 11) is 0. The number of likely N-dealkylation sites (tertiary alicyclic amines) is 1. The van der Waals surface area contributed by atoms with Gasteiger partial charge in [-0.05, 0) is 24.6 Å². The molecular formula is C12H12ClNO3. The Labute approximate surface area is 104 Å². The number of hydrogen-bond acceptors (Lipinski definition) is 3. The monoisotopic (exact) mass is 253 g/mol. The fourth-order valence-electron chi connectivity index (χ4n) is 1.83. The standard InChI is InChI=1S/C12H12ClNO3/c13-10-6-8(3-4-11(10)16)12(17)14-5-1-2-9(15)7-14/h3-4,6,16H,1-2,5,7H2. The quantitative estimate of drug-likeness (QED) is 0.831. The van der Waals surface area contributed by atoms with Crippen molar-refractivity contribution in [1.82, 2.24) is 4.90 Å². The second-order valence-corrected chi connectivity index (χ2v) is 4.44. The van der Waals surface area contributed by atoms with Crippen molar-refractivity contribution in [3.05, 3.63) is 28.8 Å². The number of aromatic hydroxyl groups is 1. The fourth-order valence-corrected chi connectivity index (χ4v) is 2.01. The Morgan fingerprint density at radius 3 is 2.82 bits per heavy atom. The van der Waals surface area contributed by atoms with E-state index in [-0.39, 0.29) is 29.0 Å². The zero-order valence-electron chi connectivity index (χ0n) is 9.15. The van der Waals surface area contributed by atoms with Crippen LogP contribution in [-0.4, -0.2) is 34.8 Å². The van der Waals surface area contributed by atoms with E-state index in [1.807, 2.05) is 0 Å². The van der Waals surface area contributed by atoms with Crippen molar-refractivity contribution >= 4 is 23.3 Å². The lowest BCUT2D eigenvalue weighted by atomic mass is 10.1. The molecule has 4 nitrogen and oxygen atoms in total. The van der Waals surface area contributed by atoms with Gasteiger partial charge in [0.2, 0.25) is 0 Å². The SMILES string of the molecule is O=C1CCCN(C(=O)c2ccc(O)c(Cl)c2)C1. The lowest BCUT2D eigenvalue weighted by Gasteiger charge is -2.25. The van der Waals surface area contributed by atoms with Gasteiger partial charge < -0.3 is 10.0 Å². The molecule has 2 rings (SSSR count). The first-order valence-electron chi connectivity index (χ1n) is 5.37. The van der Waals surface area contributed by atoms with Crippen molar-refractivity contribution < 1.29 is 14.7 Å². The molecule has 0 spiro atoms. The Bertz CT molecular complexity index is 473. The van der Waals surface area contributed by atoms with E-state index in [1.54, 1.807) is 0 Å². The van der Waals surface area contributed by atoms with E-state index < -0.39 is 0 Å². The highest BCUT2D eigenvalue weighted by molar-refractivity contribution is 6.32. The lowest BCUT2D eigenvalue weighted by Crippen LogP contribution is -2.40. The van der Waals surface area contributed by atoms with Gasteiger partial charge in [0.05, 0.1) is 11.6 Å². The molecule has 0 bridgehead atoms. The molecule has 0 saturated carbocycles. The van der Waals surface area contributed by atoms with Crippen LogP contribution in [0.3, 0.4) is 0 Å². The molecule has 17 heavy (non-hydrogen) atoms. The highest BCUT2D eigenvalue weighted by Gasteiger charge is 2.22. The van der Waals surface area contributed by atoms with Gasteiger partial charge in [-0.1, -0.05) is 11.6 Å². The van der Waals surface area contributed by atoms with Crippen LogP contribution in [0.1, 0.15) is 23.2 Å². The predicted octanol–water partition coefficient (Wildman–Crippen LogP) is 1.85. The van der Waals surface area contributed by atoms with Crippen LogP contribution in [-0.2, 0) is 4.79 Å². The first-order valence-corrected chi connectivity index (χ1v) is 5.75. The van der Waals surface area contributed by atoms with Crippen LogP contribution in [0.4, 0.5) is 0 Å².